The number of hydrogen-bond donors (Lipinski definition) is 0. The molecule has 0 saturated heterocycles. The van der Waals surface area contributed by atoms with Crippen LogP contribution in [0.3, 0.4) is 0 Å². The summed E-state index contributed by atoms with van der Waals surface area (Å²) in [5.41, 5.74) is 2.62. The van der Waals surface area contributed by atoms with E-state index in [4.69, 9.17) is 16.3 Å². The van der Waals surface area contributed by atoms with Gasteiger partial charge in [-0.1, -0.05) is 42.8 Å². The lowest BCUT2D eigenvalue weighted by Crippen LogP contribution is -1.98. The van der Waals surface area contributed by atoms with Crippen LogP contribution in [0, 0.1) is 0 Å². The number of carbonyl (C=O) groups excluding carboxylic acids is 1. The van der Waals surface area contributed by atoms with Gasteiger partial charge in [0, 0.05) is 22.6 Å². The van der Waals surface area contributed by atoms with E-state index in [1.165, 1.54) is 0 Å². The maximum atomic E-state index is 11.8. The molecule has 0 amide bonds. The van der Waals surface area contributed by atoms with Gasteiger partial charge in [0.2, 0.25) is 0 Å². The van der Waals surface area contributed by atoms with Gasteiger partial charge in [0.25, 0.3) is 0 Å². The number of halogens is 1. The van der Waals surface area contributed by atoms with Crippen LogP contribution in [0.5, 0.6) is 5.75 Å². The quantitative estimate of drug-likeness (QED) is 0.566. The van der Waals surface area contributed by atoms with Crippen molar-refractivity contribution < 1.29 is 9.53 Å². The van der Waals surface area contributed by atoms with E-state index < -0.39 is 0 Å². The normalized spacial score (nSPS) is 10.8. The molecule has 108 valence electrons. The third kappa shape index (κ3) is 3.96. The molecule has 2 aromatic carbocycles. The molecule has 0 spiro atoms. The first kappa shape index (κ1) is 15.3. The topological polar surface area (TPSA) is 26.3 Å². The van der Waals surface area contributed by atoms with Crippen LogP contribution in [0.25, 0.3) is 12.2 Å². The number of rotatable bonds is 5. The van der Waals surface area contributed by atoms with E-state index in [0.29, 0.717) is 17.0 Å². The molecule has 0 bridgehead atoms. The number of benzene rings is 2. The maximum Gasteiger partial charge on any atom is 0.162 e. The lowest BCUT2D eigenvalue weighted by atomic mass is 10.0. The van der Waals surface area contributed by atoms with E-state index in [9.17, 15) is 4.79 Å². The zero-order chi connectivity index (χ0) is 15.2. The molecule has 0 heterocycles. The first-order chi connectivity index (χ1) is 10.1. The molecule has 0 fully saturated rings. The van der Waals surface area contributed by atoms with Crippen molar-refractivity contribution in [3.05, 3.63) is 64.2 Å². The molecule has 0 aliphatic rings. The summed E-state index contributed by atoms with van der Waals surface area (Å²) in [5, 5.41) is 0.709. The smallest absolute Gasteiger partial charge is 0.162 e. The van der Waals surface area contributed by atoms with Gasteiger partial charge in [-0.05, 0) is 35.9 Å². The van der Waals surface area contributed by atoms with Gasteiger partial charge in [0.05, 0.1) is 7.11 Å². The number of ether oxygens (including phenoxy) is 1. The largest absolute Gasteiger partial charge is 0.496 e. The molecule has 0 aromatic heterocycles. The maximum absolute atomic E-state index is 11.8. The number of Topliss-reactive ketones (excluding diaryl/α,β-unsaturated/α-hetero) is 1. The molecule has 21 heavy (non-hydrogen) atoms. The number of carbonyl (C=O) groups is 1. The van der Waals surface area contributed by atoms with Gasteiger partial charge in [-0.15, -0.1) is 0 Å². The lowest BCUT2D eigenvalue weighted by molar-refractivity contribution is 0.0988. The average molecular weight is 301 g/mol. The van der Waals surface area contributed by atoms with Crippen molar-refractivity contribution in [3.63, 3.8) is 0 Å². The molecule has 2 aromatic rings. The van der Waals surface area contributed by atoms with Gasteiger partial charge in [-0.2, -0.15) is 0 Å². The van der Waals surface area contributed by atoms with Crippen LogP contribution in [-0.4, -0.2) is 12.9 Å². The van der Waals surface area contributed by atoms with E-state index in [1.54, 1.807) is 13.2 Å². The first-order valence-electron chi connectivity index (χ1n) is 6.79. The summed E-state index contributed by atoms with van der Waals surface area (Å²) in [7, 11) is 1.62. The number of hydrogen-bond acceptors (Lipinski definition) is 2. The van der Waals surface area contributed by atoms with Crippen molar-refractivity contribution >= 4 is 29.5 Å². The van der Waals surface area contributed by atoms with E-state index in [-0.39, 0.29) is 5.78 Å². The standard InChI is InChI=1S/C18H17ClO2/c1-3-17(20)14-8-11-18(21-2)15(12-14)7-4-13-5-9-16(19)10-6-13/h4-12H,3H2,1-2H3/b7-4+. The van der Waals surface area contributed by atoms with Crippen molar-refractivity contribution in [2.75, 3.05) is 7.11 Å². The van der Waals surface area contributed by atoms with Crippen LogP contribution in [0.4, 0.5) is 0 Å². The summed E-state index contributed by atoms with van der Waals surface area (Å²) < 4.78 is 5.34. The third-order valence-electron chi connectivity index (χ3n) is 3.20. The van der Waals surface area contributed by atoms with Gasteiger partial charge in [-0.3, -0.25) is 4.79 Å². The van der Waals surface area contributed by atoms with E-state index in [2.05, 4.69) is 0 Å². The van der Waals surface area contributed by atoms with Gasteiger partial charge in [-0.25, -0.2) is 0 Å². The minimum Gasteiger partial charge on any atom is -0.496 e. The summed E-state index contributed by atoms with van der Waals surface area (Å²) >= 11 is 5.87. The predicted molar refractivity (Wildman–Crippen MR) is 88.0 cm³/mol. The molecular formula is C18H17ClO2. The molecule has 3 heteroatoms. The van der Waals surface area contributed by atoms with Gasteiger partial charge >= 0.3 is 0 Å². The van der Waals surface area contributed by atoms with Crippen LogP contribution >= 0.6 is 11.6 Å². The zero-order valence-electron chi connectivity index (χ0n) is 12.1. The Bertz CT molecular complexity index is 657. The Morgan fingerprint density at radius 2 is 1.86 bits per heavy atom. The van der Waals surface area contributed by atoms with Crippen LogP contribution < -0.4 is 4.74 Å². The van der Waals surface area contributed by atoms with E-state index in [1.807, 2.05) is 55.5 Å². The van der Waals surface area contributed by atoms with Gasteiger partial charge in [0.15, 0.2) is 5.78 Å². The molecule has 2 rings (SSSR count). The molecule has 0 unspecified atom stereocenters. The Hall–Kier alpha value is -2.06. The van der Waals surface area contributed by atoms with Crippen molar-refractivity contribution in [1.29, 1.82) is 0 Å². The fraction of sp³-hybridized carbons (Fsp3) is 0.167. The summed E-state index contributed by atoms with van der Waals surface area (Å²) in [6.07, 6.45) is 4.40. The second-order valence-corrected chi connectivity index (χ2v) is 5.05. The molecule has 0 N–H and O–H groups in total. The SMILES string of the molecule is CCC(=O)c1ccc(OC)c(/C=C/c2ccc(Cl)cc2)c1. The second kappa shape index (κ2) is 7.09. The molecule has 0 saturated carbocycles. The lowest BCUT2D eigenvalue weighted by Gasteiger charge is -2.07. The monoisotopic (exact) mass is 300 g/mol. The molecule has 2 nitrogen and oxygen atoms in total. The number of ketones is 1. The molecule has 0 aliphatic heterocycles. The summed E-state index contributed by atoms with van der Waals surface area (Å²) in [6.45, 7) is 1.86. The Morgan fingerprint density at radius 3 is 2.48 bits per heavy atom. The summed E-state index contributed by atoms with van der Waals surface area (Å²) in [4.78, 5) is 11.8. The fourth-order valence-electron chi connectivity index (χ4n) is 2.00. The fourth-order valence-corrected chi connectivity index (χ4v) is 2.13. The highest BCUT2D eigenvalue weighted by Gasteiger charge is 2.07. The third-order valence-corrected chi connectivity index (χ3v) is 3.45. The Kier molecular flexibility index (Phi) is 5.18. The average Bonchev–Trinajstić information content (AvgIpc) is 2.53. The predicted octanol–water partition coefficient (Wildman–Crippen LogP) is 5.11. The highest BCUT2D eigenvalue weighted by atomic mass is 35.5. The highest BCUT2D eigenvalue weighted by Crippen LogP contribution is 2.23. The molecule has 0 radical (unpaired) electrons. The van der Waals surface area contributed by atoms with E-state index in [0.717, 1.165) is 16.9 Å². The zero-order valence-corrected chi connectivity index (χ0v) is 12.9. The van der Waals surface area contributed by atoms with Crippen molar-refractivity contribution in [2.45, 2.75) is 13.3 Å². The second-order valence-electron chi connectivity index (χ2n) is 4.62. The van der Waals surface area contributed by atoms with Crippen LogP contribution in [0.15, 0.2) is 42.5 Å². The number of methoxy groups -OCH3 is 1. The summed E-state index contributed by atoms with van der Waals surface area (Å²) in [5.74, 6) is 0.867. The van der Waals surface area contributed by atoms with Crippen molar-refractivity contribution in [1.82, 2.24) is 0 Å². The Balaban J connectivity index is 2.32. The Morgan fingerprint density at radius 1 is 1.14 bits per heavy atom. The van der Waals surface area contributed by atoms with E-state index >= 15 is 0 Å². The molecular weight excluding hydrogens is 284 g/mol. The van der Waals surface area contributed by atoms with Crippen molar-refractivity contribution in [2.24, 2.45) is 0 Å². The highest BCUT2D eigenvalue weighted by molar-refractivity contribution is 6.30. The molecule has 0 aliphatic carbocycles. The first-order valence-corrected chi connectivity index (χ1v) is 7.16. The van der Waals surface area contributed by atoms with Crippen LogP contribution in [0.1, 0.15) is 34.8 Å². The van der Waals surface area contributed by atoms with Gasteiger partial charge < -0.3 is 4.74 Å². The molecule has 0 atom stereocenters. The van der Waals surface area contributed by atoms with Crippen LogP contribution in [0.2, 0.25) is 5.02 Å². The van der Waals surface area contributed by atoms with Crippen LogP contribution in [-0.2, 0) is 0 Å². The minimum absolute atomic E-state index is 0.124. The Labute approximate surface area is 130 Å². The minimum atomic E-state index is 0.124. The van der Waals surface area contributed by atoms with Crippen molar-refractivity contribution in [3.8, 4) is 5.75 Å². The van der Waals surface area contributed by atoms with Gasteiger partial charge in [0.1, 0.15) is 5.75 Å². The summed E-state index contributed by atoms with van der Waals surface area (Å²) in [6, 6.07) is 13.0.